The molecule has 9 heteroatoms. The van der Waals surface area contributed by atoms with Gasteiger partial charge in [-0.1, -0.05) is 6.07 Å². The first kappa shape index (κ1) is 14.5. The Morgan fingerprint density at radius 1 is 1.05 bits per heavy atom. The number of hydrogen-bond acceptors (Lipinski definition) is 3. The van der Waals surface area contributed by atoms with Crippen LogP contribution in [0.25, 0.3) is 0 Å². The van der Waals surface area contributed by atoms with E-state index in [0.29, 0.717) is 0 Å². The maximum atomic E-state index is 12.1. The molecule has 1 rings (SSSR count). The SMILES string of the molecule is O=C(O)c1cccc(NC(=O)C(F)(F)F)c1C(=O)O. The Morgan fingerprint density at radius 3 is 2.05 bits per heavy atom. The smallest absolute Gasteiger partial charge is 0.471 e. The van der Waals surface area contributed by atoms with Crippen molar-refractivity contribution in [2.45, 2.75) is 6.18 Å². The zero-order valence-corrected chi connectivity index (χ0v) is 8.99. The average Bonchev–Trinajstić information content (AvgIpc) is 2.26. The molecule has 102 valence electrons. The van der Waals surface area contributed by atoms with Gasteiger partial charge in [0.2, 0.25) is 0 Å². The molecule has 3 N–H and O–H groups in total. The third-order valence-corrected chi connectivity index (χ3v) is 2.01. The van der Waals surface area contributed by atoms with Gasteiger partial charge in [-0.2, -0.15) is 13.2 Å². The number of anilines is 1. The first-order valence-corrected chi connectivity index (χ1v) is 4.62. The number of amides is 1. The lowest BCUT2D eigenvalue weighted by Gasteiger charge is -2.11. The quantitative estimate of drug-likeness (QED) is 0.778. The first-order chi connectivity index (χ1) is 8.64. The molecule has 0 saturated heterocycles. The van der Waals surface area contributed by atoms with E-state index in [1.54, 1.807) is 0 Å². The van der Waals surface area contributed by atoms with Crippen molar-refractivity contribution < 1.29 is 37.8 Å². The predicted molar refractivity (Wildman–Crippen MR) is 55.0 cm³/mol. The Kier molecular flexibility index (Phi) is 3.78. The molecule has 0 bridgehead atoms. The standard InChI is InChI=1S/C10H6F3NO5/c11-10(12,13)9(19)14-5-3-1-2-4(7(15)16)6(5)8(17)18/h1-3H,(H,14,19)(H,15,16)(H,17,18). The summed E-state index contributed by atoms with van der Waals surface area (Å²) in [5.41, 5.74) is -2.39. The number of halogens is 3. The maximum absolute atomic E-state index is 12.1. The van der Waals surface area contributed by atoms with Crippen LogP contribution in [0.5, 0.6) is 0 Å². The van der Waals surface area contributed by atoms with Crippen molar-refractivity contribution in [1.82, 2.24) is 0 Å². The van der Waals surface area contributed by atoms with Crippen molar-refractivity contribution in [3.63, 3.8) is 0 Å². The van der Waals surface area contributed by atoms with Crippen molar-refractivity contribution in [3.8, 4) is 0 Å². The summed E-state index contributed by atoms with van der Waals surface area (Å²) in [4.78, 5) is 32.4. The van der Waals surface area contributed by atoms with E-state index in [4.69, 9.17) is 10.2 Å². The van der Waals surface area contributed by atoms with Gasteiger partial charge in [-0.05, 0) is 12.1 Å². The van der Waals surface area contributed by atoms with E-state index in [-0.39, 0.29) is 0 Å². The molecule has 1 amide bonds. The minimum Gasteiger partial charge on any atom is -0.478 e. The highest BCUT2D eigenvalue weighted by Crippen LogP contribution is 2.23. The van der Waals surface area contributed by atoms with Gasteiger partial charge < -0.3 is 15.5 Å². The van der Waals surface area contributed by atoms with Gasteiger partial charge in [-0.3, -0.25) is 4.79 Å². The lowest BCUT2D eigenvalue weighted by atomic mass is 10.1. The molecule has 0 aliphatic carbocycles. The van der Waals surface area contributed by atoms with E-state index in [9.17, 15) is 27.6 Å². The summed E-state index contributed by atoms with van der Waals surface area (Å²) in [6.45, 7) is 0. The maximum Gasteiger partial charge on any atom is 0.471 e. The lowest BCUT2D eigenvalue weighted by Crippen LogP contribution is -2.31. The first-order valence-electron chi connectivity index (χ1n) is 4.62. The van der Waals surface area contributed by atoms with Crippen LogP contribution in [0.4, 0.5) is 18.9 Å². The molecule has 0 atom stereocenters. The molecule has 1 aromatic rings. The molecule has 0 heterocycles. The molecule has 0 unspecified atom stereocenters. The second kappa shape index (κ2) is 4.96. The highest BCUT2D eigenvalue weighted by molar-refractivity contribution is 6.08. The van der Waals surface area contributed by atoms with Crippen LogP contribution in [-0.4, -0.2) is 34.2 Å². The van der Waals surface area contributed by atoms with Gasteiger partial charge in [0.1, 0.15) is 0 Å². The Hall–Kier alpha value is -2.58. The number of alkyl halides is 3. The van der Waals surface area contributed by atoms with Gasteiger partial charge in [-0.25, -0.2) is 9.59 Å². The number of carboxylic acid groups (broad SMARTS) is 2. The van der Waals surface area contributed by atoms with Crippen LogP contribution in [0.2, 0.25) is 0 Å². The monoisotopic (exact) mass is 277 g/mol. The van der Waals surface area contributed by atoms with Crippen LogP contribution in [0.1, 0.15) is 20.7 Å². The third kappa shape index (κ3) is 3.21. The van der Waals surface area contributed by atoms with Crippen LogP contribution >= 0.6 is 0 Å². The van der Waals surface area contributed by atoms with Crippen molar-refractivity contribution in [1.29, 1.82) is 0 Å². The molecule has 6 nitrogen and oxygen atoms in total. The van der Waals surface area contributed by atoms with Crippen LogP contribution in [0, 0.1) is 0 Å². The number of aromatic carboxylic acids is 2. The number of hydrogen-bond donors (Lipinski definition) is 3. The topological polar surface area (TPSA) is 104 Å². The van der Waals surface area contributed by atoms with Crippen molar-refractivity contribution in [3.05, 3.63) is 29.3 Å². The molecule has 1 aromatic carbocycles. The van der Waals surface area contributed by atoms with Gasteiger partial charge in [-0.15, -0.1) is 0 Å². The fraction of sp³-hybridized carbons (Fsp3) is 0.100. The van der Waals surface area contributed by atoms with Crippen molar-refractivity contribution in [2.75, 3.05) is 5.32 Å². The minimum absolute atomic E-state index is 0.729. The number of carbonyl (C=O) groups excluding carboxylic acids is 1. The summed E-state index contributed by atoms with van der Waals surface area (Å²) >= 11 is 0. The Labute approximate surface area is 103 Å². The minimum atomic E-state index is -5.21. The summed E-state index contributed by atoms with van der Waals surface area (Å²) in [5, 5.41) is 18.9. The van der Waals surface area contributed by atoms with Crippen LogP contribution in [-0.2, 0) is 4.79 Å². The molecular formula is C10H6F3NO5. The van der Waals surface area contributed by atoms with Crippen molar-refractivity contribution >= 4 is 23.5 Å². The van der Waals surface area contributed by atoms with Crippen LogP contribution in [0.15, 0.2) is 18.2 Å². The Bertz CT molecular complexity index is 553. The lowest BCUT2D eigenvalue weighted by molar-refractivity contribution is -0.167. The molecule has 0 saturated carbocycles. The average molecular weight is 277 g/mol. The zero-order chi connectivity index (χ0) is 14.8. The highest BCUT2D eigenvalue weighted by atomic mass is 19.4. The van der Waals surface area contributed by atoms with Gasteiger partial charge in [0.05, 0.1) is 16.8 Å². The fourth-order valence-electron chi connectivity index (χ4n) is 1.26. The Morgan fingerprint density at radius 2 is 1.63 bits per heavy atom. The van der Waals surface area contributed by atoms with Crippen LogP contribution < -0.4 is 5.32 Å². The van der Waals surface area contributed by atoms with E-state index in [1.165, 1.54) is 5.32 Å². The predicted octanol–water partition coefficient (Wildman–Crippen LogP) is 1.58. The number of carboxylic acids is 2. The van der Waals surface area contributed by atoms with E-state index in [1.807, 2.05) is 0 Å². The van der Waals surface area contributed by atoms with E-state index in [2.05, 4.69) is 0 Å². The second-order valence-corrected chi connectivity index (χ2v) is 3.29. The number of rotatable bonds is 3. The van der Waals surface area contributed by atoms with Gasteiger partial charge in [0.25, 0.3) is 0 Å². The van der Waals surface area contributed by atoms with Gasteiger partial charge in [0.15, 0.2) is 0 Å². The number of benzene rings is 1. The molecule has 0 radical (unpaired) electrons. The summed E-state index contributed by atoms with van der Waals surface area (Å²) in [6, 6.07) is 2.77. The molecule has 0 aliphatic heterocycles. The molecule has 0 aromatic heterocycles. The molecule has 19 heavy (non-hydrogen) atoms. The van der Waals surface area contributed by atoms with E-state index >= 15 is 0 Å². The summed E-state index contributed by atoms with van der Waals surface area (Å²) in [7, 11) is 0. The van der Waals surface area contributed by atoms with Gasteiger partial charge in [0, 0.05) is 0 Å². The summed E-state index contributed by atoms with van der Waals surface area (Å²) < 4.78 is 36.2. The molecule has 0 fully saturated rings. The highest BCUT2D eigenvalue weighted by Gasteiger charge is 2.39. The second-order valence-electron chi connectivity index (χ2n) is 3.29. The summed E-state index contributed by atoms with van der Waals surface area (Å²) in [6.07, 6.45) is -5.21. The van der Waals surface area contributed by atoms with E-state index < -0.39 is 40.8 Å². The normalized spacial score (nSPS) is 10.9. The number of carbonyl (C=O) groups is 3. The third-order valence-electron chi connectivity index (χ3n) is 2.01. The van der Waals surface area contributed by atoms with Gasteiger partial charge >= 0.3 is 24.0 Å². The Balaban J connectivity index is 3.29. The van der Waals surface area contributed by atoms with Crippen molar-refractivity contribution in [2.24, 2.45) is 0 Å². The summed E-state index contributed by atoms with van der Waals surface area (Å²) in [5.74, 6) is -5.80. The largest absolute Gasteiger partial charge is 0.478 e. The fourth-order valence-corrected chi connectivity index (χ4v) is 1.26. The molecular weight excluding hydrogens is 271 g/mol. The molecule has 0 spiro atoms. The number of nitrogens with one attached hydrogen (secondary N) is 1. The van der Waals surface area contributed by atoms with Crippen LogP contribution in [0.3, 0.4) is 0 Å². The zero-order valence-electron chi connectivity index (χ0n) is 8.99. The van der Waals surface area contributed by atoms with E-state index in [0.717, 1.165) is 18.2 Å². The molecule has 0 aliphatic rings.